The number of hydrogen-bond acceptors (Lipinski definition) is 4. The van der Waals surface area contributed by atoms with Crippen molar-refractivity contribution >= 4 is 5.91 Å². The number of likely N-dealkylation sites (tertiary alicyclic amines) is 1. The van der Waals surface area contributed by atoms with E-state index in [1.807, 2.05) is 47.4 Å². The average molecular weight is 411 g/mol. The summed E-state index contributed by atoms with van der Waals surface area (Å²) in [6.45, 7) is 9.30. The van der Waals surface area contributed by atoms with Gasteiger partial charge in [-0.15, -0.1) is 0 Å². The minimum Gasteiger partial charge on any atom is -0.373 e. The van der Waals surface area contributed by atoms with Crippen LogP contribution in [0.2, 0.25) is 0 Å². The fourth-order valence-electron chi connectivity index (χ4n) is 4.78. The maximum absolute atomic E-state index is 12.7. The Morgan fingerprint density at radius 3 is 2.50 bits per heavy atom. The van der Waals surface area contributed by atoms with E-state index in [-0.39, 0.29) is 5.91 Å². The van der Waals surface area contributed by atoms with E-state index in [1.165, 1.54) is 0 Å². The van der Waals surface area contributed by atoms with Crippen molar-refractivity contribution in [1.29, 1.82) is 0 Å². The van der Waals surface area contributed by atoms with Gasteiger partial charge in [-0.3, -0.25) is 9.69 Å². The Morgan fingerprint density at radius 1 is 1.10 bits per heavy atom. The average Bonchev–Trinajstić information content (AvgIpc) is 3.22. The van der Waals surface area contributed by atoms with Gasteiger partial charge in [0.05, 0.1) is 24.1 Å². The molecule has 1 aromatic carbocycles. The molecule has 2 aliphatic rings. The van der Waals surface area contributed by atoms with Gasteiger partial charge in [0.1, 0.15) is 0 Å². The molecule has 162 valence electrons. The lowest BCUT2D eigenvalue weighted by Crippen LogP contribution is -2.48. The van der Waals surface area contributed by atoms with E-state index in [9.17, 15) is 4.79 Å². The quantitative estimate of drug-likeness (QED) is 0.734. The predicted octanol–water partition coefficient (Wildman–Crippen LogP) is 3.15. The molecule has 4 rings (SSSR count). The van der Waals surface area contributed by atoms with E-state index >= 15 is 0 Å². The fraction of sp³-hybridized carbons (Fsp3) is 0.583. The van der Waals surface area contributed by atoms with Gasteiger partial charge in [-0.25, -0.2) is 4.68 Å². The number of rotatable bonds is 6. The van der Waals surface area contributed by atoms with Crippen molar-refractivity contribution in [2.45, 2.75) is 51.7 Å². The van der Waals surface area contributed by atoms with Crippen molar-refractivity contribution in [3.8, 4) is 5.69 Å². The highest BCUT2D eigenvalue weighted by molar-refractivity contribution is 5.76. The molecule has 6 nitrogen and oxygen atoms in total. The van der Waals surface area contributed by atoms with E-state index in [0.29, 0.717) is 24.5 Å². The lowest BCUT2D eigenvalue weighted by atomic mass is 9.95. The Labute approximate surface area is 179 Å². The highest BCUT2D eigenvalue weighted by atomic mass is 16.5. The van der Waals surface area contributed by atoms with Gasteiger partial charge < -0.3 is 9.64 Å². The molecule has 2 aliphatic heterocycles. The molecule has 2 unspecified atom stereocenters. The van der Waals surface area contributed by atoms with Crippen LogP contribution in [0.4, 0.5) is 0 Å². The molecule has 2 aromatic rings. The van der Waals surface area contributed by atoms with Crippen LogP contribution in [-0.2, 0) is 16.0 Å². The number of para-hydroxylation sites is 1. The maximum atomic E-state index is 12.7. The van der Waals surface area contributed by atoms with E-state index in [2.05, 4.69) is 28.7 Å². The first-order valence-electron chi connectivity index (χ1n) is 11.3. The number of carbonyl (C=O) groups excluding carboxylic acids is 1. The Hall–Kier alpha value is -2.18. The number of ether oxygens (including phenoxy) is 1. The number of carbonyl (C=O) groups is 1. The predicted molar refractivity (Wildman–Crippen MR) is 118 cm³/mol. The summed E-state index contributed by atoms with van der Waals surface area (Å²) in [5, 5.41) is 4.43. The SMILES string of the molecule is CC1CN(CC2CCN(C(=O)CCc3cnn(-c4ccccc4)c3)CC2)CC(C)O1. The first-order valence-corrected chi connectivity index (χ1v) is 11.3. The van der Waals surface area contributed by atoms with Crippen LogP contribution < -0.4 is 0 Å². The Balaban J connectivity index is 1.20. The molecule has 2 atom stereocenters. The van der Waals surface area contributed by atoms with Crippen LogP contribution in [0.3, 0.4) is 0 Å². The first-order chi connectivity index (χ1) is 14.6. The molecule has 30 heavy (non-hydrogen) atoms. The minimum absolute atomic E-state index is 0.273. The summed E-state index contributed by atoms with van der Waals surface area (Å²) in [4.78, 5) is 17.3. The molecule has 0 saturated carbocycles. The molecule has 0 N–H and O–H groups in total. The van der Waals surface area contributed by atoms with Gasteiger partial charge in [-0.1, -0.05) is 18.2 Å². The number of hydrogen-bond donors (Lipinski definition) is 0. The Morgan fingerprint density at radius 2 is 1.80 bits per heavy atom. The summed E-state index contributed by atoms with van der Waals surface area (Å²) in [7, 11) is 0. The summed E-state index contributed by atoms with van der Waals surface area (Å²) >= 11 is 0. The van der Waals surface area contributed by atoms with Crippen molar-refractivity contribution in [2.24, 2.45) is 5.92 Å². The Kier molecular flexibility index (Phi) is 6.85. The number of amides is 1. The van der Waals surface area contributed by atoms with Gasteiger partial charge in [0.25, 0.3) is 0 Å². The van der Waals surface area contributed by atoms with Crippen LogP contribution in [0.15, 0.2) is 42.7 Å². The third-order valence-electron chi connectivity index (χ3n) is 6.26. The normalized spacial score (nSPS) is 23.6. The number of aryl methyl sites for hydroxylation is 1. The third-order valence-corrected chi connectivity index (χ3v) is 6.26. The molecule has 1 amide bonds. The van der Waals surface area contributed by atoms with E-state index in [1.54, 1.807) is 0 Å². The van der Waals surface area contributed by atoms with Crippen molar-refractivity contribution in [3.05, 3.63) is 48.3 Å². The van der Waals surface area contributed by atoms with Gasteiger partial charge in [-0.05, 0) is 56.7 Å². The zero-order chi connectivity index (χ0) is 20.9. The zero-order valence-corrected chi connectivity index (χ0v) is 18.2. The summed E-state index contributed by atoms with van der Waals surface area (Å²) in [6.07, 6.45) is 8.06. The molecule has 6 heteroatoms. The minimum atomic E-state index is 0.273. The molecular weight excluding hydrogens is 376 g/mol. The van der Waals surface area contributed by atoms with Gasteiger partial charge in [0.15, 0.2) is 0 Å². The summed E-state index contributed by atoms with van der Waals surface area (Å²) in [5.41, 5.74) is 2.15. The summed E-state index contributed by atoms with van der Waals surface area (Å²) < 4.78 is 7.72. The van der Waals surface area contributed by atoms with Crippen LogP contribution in [0.1, 0.15) is 38.7 Å². The van der Waals surface area contributed by atoms with Crippen molar-refractivity contribution in [2.75, 3.05) is 32.7 Å². The number of morpholine rings is 1. The highest BCUT2D eigenvalue weighted by Gasteiger charge is 2.27. The Bertz CT molecular complexity index is 804. The van der Waals surface area contributed by atoms with Gasteiger partial charge >= 0.3 is 0 Å². The molecule has 0 aliphatic carbocycles. The van der Waals surface area contributed by atoms with Crippen molar-refractivity contribution < 1.29 is 9.53 Å². The molecule has 1 aromatic heterocycles. The first kappa shape index (κ1) is 21.1. The van der Waals surface area contributed by atoms with Crippen LogP contribution in [0, 0.1) is 5.92 Å². The standard InChI is InChI=1S/C24H34N4O2/c1-19-15-26(16-20(2)30-19)17-21-10-12-27(13-11-21)24(29)9-8-22-14-25-28(18-22)23-6-4-3-5-7-23/h3-7,14,18-21H,8-13,15-17H2,1-2H3. The molecule has 0 radical (unpaired) electrons. The molecule has 0 bridgehead atoms. The lowest BCUT2D eigenvalue weighted by Gasteiger charge is -2.39. The van der Waals surface area contributed by atoms with Crippen LogP contribution >= 0.6 is 0 Å². The summed E-state index contributed by atoms with van der Waals surface area (Å²) in [5.74, 6) is 0.963. The number of piperidine rings is 1. The second-order valence-electron chi connectivity index (χ2n) is 8.93. The molecule has 2 saturated heterocycles. The van der Waals surface area contributed by atoms with E-state index in [0.717, 1.165) is 63.2 Å². The third kappa shape index (κ3) is 5.49. The van der Waals surface area contributed by atoms with Crippen molar-refractivity contribution in [3.63, 3.8) is 0 Å². The smallest absolute Gasteiger partial charge is 0.222 e. The van der Waals surface area contributed by atoms with Crippen LogP contribution in [0.25, 0.3) is 5.69 Å². The zero-order valence-electron chi connectivity index (χ0n) is 18.2. The van der Waals surface area contributed by atoms with E-state index < -0.39 is 0 Å². The largest absolute Gasteiger partial charge is 0.373 e. The van der Waals surface area contributed by atoms with Gasteiger partial charge in [0.2, 0.25) is 5.91 Å². The summed E-state index contributed by atoms with van der Waals surface area (Å²) in [6, 6.07) is 10.1. The van der Waals surface area contributed by atoms with Crippen molar-refractivity contribution in [1.82, 2.24) is 19.6 Å². The molecule has 3 heterocycles. The second-order valence-corrected chi connectivity index (χ2v) is 8.93. The van der Waals surface area contributed by atoms with Crippen LogP contribution in [-0.4, -0.2) is 70.4 Å². The van der Waals surface area contributed by atoms with Crippen LogP contribution in [0.5, 0.6) is 0 Å². The monoisotopic (exact) mass is 410 g/mol. The lowest BCUT2D eigenvalue weighted by molar-refractivity contribution is -0.132. The molecule has 0 spiro atoms. The molecular formula is C24H34N4O2. The second kappa shape index (κ2) is 9.75. The van der Waals surface area contributed by atoms with Gasteiger partial charge in [-0.2, -0.15) is 5.10 Å². The number of nitrogens with zero attached hydrogens (tertiary/aromatic N) is 4. The van der Waals surface area contributed by atoms with E-state index in [4.69, 9.17) is 4.74 Å². The topological polar surface area (TPSA) is 50.6 Å². The van der Waals surface area contributed by atoms with Gasteiger partial charge in [0, 0.05) is 45.3 Å². The highest BCUT2D eigenvalue weighted by Crippen LogP contribution is 2.21. The molecule has 2 fully saturated rings. The number of benzene rings is 1. The number of aromatic nitrogens is 2. The maximum Gasteiger partial charge on any atom is 0.222 e. The fourth-order valence-corrected chi connectivity index (χ4v) is 4.78.